The summed E-state index contributed by atoms with van der Waals surface area (Å²) in [6, 6.07) is 2.21. The highest BCUT2D eigenvalue weighted by Crippen LogP contribution is 2.35. The topological polar surface area (TPSA) is 102 Å². The van der Waals surface area contributed by atoms with Gasteiger partial charge in [0.25, 0.3) is 0 Å². The molecule has 0 saturated heterocycles. The lowest BCUT2D eigenvalue weighted by Gasteiger charge is -2.25. The Labute approximate surface area is 229 Å². The number of aromatic amines is 1. The Hall–Kier alpha value is -3.70. The lowest BCUT2D eigenvalue weighted by atomic mass is 10.1. The number of nitrogens with zero attached hydrogens (tertiary/aromatic N) is 8. The maximum absolute atomic E-state index is 6.53. The van der Waals surface area contributed by atoms with Crippen molar-refractivity contribution in [2.45, 2.75) is 46.4 Å². The number of nitrogens with one attached hydrogen (secondary N) is 1. The third kappa shape index (κ3) is 5.28. The molecule has 1 aliphatic rings. The third-order valence-electron chi connectivity index (χ3n) is 6.96. The van der Waals surface area contributed by atoms with E-state index in [1.807, 2.05) is 33.2 Å². The SMILES string of the molecule is CCOc1nn([C@@H](C)CN(C)C)c2c1/C=C/c1n[nH]c3cnc(cc13)-c1c(C)nn(C)c1O[C@@H](C)CN(C)C2. The quantitative estimate of drug-likeness (QED) is 0.414. The first-order chi connectivity index (χ1) is 18.7. The first-order valence-corrected chi connectivity index (χ1v) is 13.5. The number of ether oxygens (including phenoxy) is 2. The van der Waals surface area contributed by atoms with E-state index in [0.29, 0.717) is 31.5 Å². The van der Waals surface area contributed by atoms with Gasteiger partial charge in [-0.1, -0.05) is 0 Å². The number of fused-ring (bicyclic) bond motifs is 4. The van der Waals surface area contributed by atoms with Crippen molar-refractivity contribution >= 4 is 23.1 Å². The number of hydrogen-bond acceptors (Lipinski definition) is 8. The van der Waals surface area contributed by atoms with Crippen LogP contribution in [0.2, 0.25) is 0 Å². The van der Waals surface area contributed by atoms with Gasteiger partial charge in [-0.15, -0.1) is 5.10 Å². The van der Waals surface area contributed by atoms with Gasteiger partial charge in [0.1, 0.15) is 6.10 Å². The molecule has 0 spiro atoms. The van der Waals surface area contributed by atoms with Crippen LogP contribution in [0.15, 0.2) is 12.3 Å². The number of H-pyrrole nitrogens is 1. The normalized spacial score (nSPS) is 17.9. The molecular weight excluding hydrogens is 494 g/mol. The Bertz CT molecular complexity index is 1500. The summed E-state index contributed by atoms with van der Waals surface area (Å²) >= 11 is 0. The molecule has 2 atom stereocenters. The highest BCUT2D eigenvalue weighted by molar-refractivity contribution is 5.92. The van der Waals surface area contributed by atoms with E-state index in [1.165, 1.54) is 0 Å². The van der Waals surface area contributed by atoms with E-state index in [2.05, 4.69) is 76.9 Å². The van der Waals surface area contributed by atoms with Crippen LogP contribution in [0.25, 0.3) is 34.3 Å². The number of rotatable bonds is 5. The Morgan fingerprint density at radius 1 is 1.23 bits per heavy atom. The van der Waals surface area contributed by atoms with Crippen LogP contribution in [-0.2, 0) is 13.6 Å². The molecule has 0 aliphatic carbocycles. The van der Waals surface area contributed by atoms with Crippen molar-refractivity contribution in [3.05, 3.63) is 34.9 Å². The van der Waals surface area contributed by atoms with Gasteiger partial charge in [0, 0.05) is 32.1 Å². The summed E-state index contributed by atoms with van der Waals surface area (Å²) in [5.74, 6) is 1.34. The van der Waals surface area contributed by atoms with Gasteiger partial charge in [-0.3, -0.25) is 19.7 Å². The maximum atomic E-state index is 6.53. The van der Waals surface area contributed by atoms with Crippen molar-refractivity contribution in [2.75, 3.05) is 40.8 Å². The molecule has 4 aromatic heterocycles. The second-order valence-electron chi connectivity index (χ2n) is 10.7. The Morgan fingerprint density at radius 2 is 2.03 bits per heavy atom. The minimum atomic E-state index is -0.0946. The zero-order chi connectivity index (χ0) is 27.8. The molecule has 5 rings (SSSR count). The summed E-state index contributed by atoms with van der Waals surface area (Å²) in [5, 5.41) is 18.3. The largest absolute Gasteiger partial charge is 0.476 e. The number of aromatic nitrogens is 7. The molecule has 39 heavy (non-hydrogen) atoms. The molecule has 2 bridgehead atoms. The lowest BCUT2D eigenvalue weighted by molar-refractivity contribution is 0.146. The van der Waals surface area contributed by atoms with Crippen LogP contribution < -0.4 is 9.47 Å². The van der Waals surface area contributed by atoms with E-state index in [0.717, 1.165) is 51.4 Å². The maximum Gasteiger partial charge on any atom is 0.240 e. The van der Waals surface area contributed by atoms with Crippen LogP contribution in [0, 0.1) is 6.92 Å². The van der Waals surface area contributed by atoms with Crippen LogP contribution in [-0.4, -0.2) is 91.5 Å². The lowest BCUT2D eigenvalue weighted by Crippen LogP contribution is -2.33. The van der Waals surface area contributed by atoms with Gasteiger partial charge >= 0.3 is 0 Å². The molecule has 0 saturated carbocycles. The molecule has 0 aromatic carbocycles. The molecular formula is C28H39N9O2. The van der Waals surface area contributed by atoms with E-state index in [9.17, 15) is 0 Å². The van der Waals surface area contributed by atoms with Gasteiger partial charge in [-0.05, 0) is 67.1 Å². The molecule has 5 heterocycles. The summed E-state index contributed by atoms with van der Waals surface area (Å²) in [6.07, 6.45) is 5.83. The first-order valence-electron chi connectivity index (χ1n) is 13.5. The molecule has 0 radical (unpaired) electrons. The van der Waals surface area contributed by atoms with Crippen molar-refractivity contribution in [2.24, 2.45) is 7.05 Å². The van der Waals surface area contributed by atoms with Gasteiger partial charge in [0.15, 0.2) is 0 Å². The number of likely N-dealkylation sites (N-methyl/N-ethyl adjacent to an activating group) is 2. The van der Waals surface area contributed by atoms with E-state index in [-0.39, 0.29) is 12.1 Å². The fourth-order valence-electron chi connectivity index (χ4n) is 5.41. The predicted molar refractivity (Wildman–Crippen MR) is 153 cm³/mol. The smallest absolute Gasteiger partial charge is 0.240 e. The minimum Gasteiger partial charge on any atom is -0.476 e. The predicted octanol–water partition coefficient (Wildman–Crippen LogP) is 3.77. The van der Waals surface area contributed by atoms with Crippen LogP contribution in [0.3, 0.4) is 0 Å². The van der Waals surface area contributed by atoms with Gasteiger partial charge in [0.2, 0.25) is 11.8 Å². The van der Waals surface area contributed by atoms with Crippen LogP contribution in [0.1, 0.15) is 49.5 Å². The van der Waals surface area contributed by atoms with Gasteiger partial charge < -0.3 is 14.4 Å². The molecule has 0 fully saturated rings. The molecule has 11 nitrogen and oxygen atoms in total. The molecule has 11 heteroatoms. The van der Waals surface area contributed by atoms with Crippen molar-refractivity contribution in [1.29, 1.82) is 0 Å². The number of pyridine rings is 1. The molecule has 208 valence electrons. The first kappa shape index (κ1) is 26.9. The van der Waals surface area contributed by atoms with Crippen LogP contribution >= 0.6 is 0 Å². The Morgan fingerprint density at radius 3 is 2.77 bits per heavy atom. The van der Waals surface area contributed by atoms with Crippen LogP contribution in [0.5, 0.6) is 11.8 Å². The second-order valence-corrected chi connectivity index (χ2v) is 10.7. The highest BCUT2D eigenvalue weighted by atomic mass is 16.5. The Kier molecular flexibility index (Phi) is 7.46. The average molecular weight is 534 g/mol. The van der Waals surface area contributed by atoms with Crippen molar-refractivity contribution in [3.8, 4) is 23.0 Å². The fraction of sp³-hybridized carbons (Fsp3) is 0.500. The summed E-state index contributed by atoms with van der Waals surface area (Å²) in [7, 11) is 8.18. The van der Waals surface area contributed by atoms with Crippen molar-refractivity contribution in [3.63, 3.8) is 0 Å². The second kappa shape index (κ2) is 10.8. The van der Waals surface area contributed by atoms with Crippen molar-refractivity contribution in [1.82, 2.24) is 44.5 Å². The number of aryl methyl sites for hydroxylation is 2. The summed E-state index contributed by atoms with van der Waals surface area (Å²) in [6.45, 7) is 11.0. The molecule has 1 aliphatic heterocycles. The van der Waals surface area contributed by atoms with E-state index in [1.54, 1.807) is 4.68 Å². The number of hydrogen-bond donors (Lipinski definition) is 1. The molecule has 1 N–H and O–H groups in total. The zero-order valence-electron chi connectivity index (χ0n) is 24.2. The summed E-state index contributed by atoms with van der Waals surface area (Å²) < 4.78 is 16.5. The standard InChI is InChI=1S/C28H39N9O2/c1-9-38-27-20-10-11-22-21-12-23(29-13-24(21)31-30-22)26-19(4)32-36(8)28(26)39-18(3)15-35(7)16-25(20)37(33-27)17(2)14-34(5)6/h10-13,17-18H,9,14-16H2,1-8H3,(H,30,31)/b11-10+/t17-,18-/m0/s1. The monoisotopic (exact) mass is 533 g/mol. The highest BCUT2D eigenvalue weighted by Gasteiger charge is 2.25. The average Bonchev–Trinajstić information content (AvgIpc) is 3.50. The van der Waals surface area contributed by atoms with E-state index < -0.39 is 0 Å². The van der Waals surface area contributed by atoms with E-state index >= 15 is 0 Å². The van der Waals surface area contributed by atoms with Gasteiger partial charge in [-0.2, -0.15) is 10.2 Å². The zero-order valence-corrected chi connectivity index (χ0v) is 24.2. The molecule has 0 amide bonds. The summed E-state index contributed by atoms with van der Waals surface area (Å²) in [4.78, 5) is 9.17. The van der Waals surface area contributed by atoms with Crippen molar-refractivity contribution < 1.29 is 9.47 Å². The minimum absolute atomic E-state index is 0.0946. The summed E-state index contributed by atoms with van der Waals surface area (Å²) in [5.41, 5.74) is 6.30. The molecule has 4 aromatic rings. The Balaban J connectivity index is 1.70. The van der Waals surface area contributed by atoms with Gasteiger partial charge in [0.05, 0.1) is 58.3 Å². The fourth-order valence-corrected chi connectivity index (χ4v) is 5.41. The van der Waals surface area contributed by atoms with Gasteiger partial charge in [-0.25, -0.2) is 4.68 Å². The van der Waals surface area contributed by atoms with E-state index in [4.69, 9.17) is 19.6 Å². The third-order valence-corrected chi connectivity index (χ3v) is 6.96. The molecule has 0 unspecified atom stereocenters. The van der Waals surface area contributed by atoms with Crippen LogP contribution in [0.4, 0.5) is 0 Å².